The number of carbonyl (C=O) groups excluding carboxylic acids is 2. The van der Waals surface area contributed by atoms with E-state index < -0.39 is 28.5 Å². The van der Waals surface area contributed by atoms with Gasteiger partial charge in [-0.05, 0) is 69.5 Å². The first kappa shape index (κ1) is 29.7. The van der Waals surface area contributed by atoms with Crippen molar-refractivity contribution in [3.05, 3.63) is 90.0 Å². The van der Waals surface area contributed by atoms with Crippen LogP contribution >= 0.6 is 0 Å². The molecule has 0 bridgehead atoms. The molecule has 1 atom stereocenters. The van der Waals surface area contributed by atoms with Crippen LogP contribution in [-0.4, -0.2) is 57.4 Å². The molecular weight excluding hydrogens is 514 g/mol. The number of nitrogens with zero attached hydrogens (tertiary/aromatic N) is 2. The number of nitrogens with one attached hydrogen (secondary N) is 1. The summed E-state index contributed by atoms with van der Waals surface area (Å²) in [4.78, 5) is 28.4. The van der Waals surface area contributed by atoms with Gasteiger partial charge in [-0.1, -0.05) is 54.6 Å². The van der Waals surface area contributed by atoms with E-state index in [2.05, 4.69) is 5.32 Å². The van der Waals surface area contributed by atoms with Crippen molar-refractivity contribution in [2.45, 2.75) is 51.1 Å². The Kier molecular flexibility index (Phi) is 10.1. The predicted octanol–water partition coefficient (Wildman–Crippen LogP) is 4.18. The van der Waals surface area contributed by atoms with Crippen molar-refractivity contribution in [2.75, 3.05) is 24.5 Å². The summed E-state index contributed by atoms with van der Waals surface area (Å²) < 4.78 is 34.4. The lowest BCUT2D eigenvalue weighted by molar-refractivity contribution is -0.139. The smallest absolute Gasteiger partial charge is 0.264 e. The normalized spacial score (nSPS) is 12.1. The van der Waals surface area contributed by atoms with Gasteiger partial charge in [-0.15, -0.1) is 0 Å². The van der Waals surface area contributed by atoms with Gasteiger partial charge in [0, 0.05) is 12.6 Å². The average molecular weight is 552 g/mol. The molecule has 2 amide bonds. The van der Waals surface area contributed by atoms with Crippen LogP contribution < -0.4 is 14.4 Å². The minimum absolute atomic E-state index is 0.0443. The summed E-state index contributed by atoms with van der Waals surface area (Å²) in [5.74, 6) is -0.494. The number of anilines is 1. The fourth-order valence-corrected chi connectivity index (χ4v) is 5.64. The zero-order valence-corrected chi connectivity index (χ0v) is 23.9. The topological polar surface area (TPSA) is 96.0 Å². The van der Waals surface area contributed by atoms with Crippen LogP contribution in [0.15, 0.2) is 83.8 Å². The summed E-state index contributed by atoms with van der Waals surface area (Å²) in [6, 6.07) is 21.8. The number of amides is 2. The molecule has 0 fully saturated rings. The maximum atomic E-state index is 13.9. The van der Waals surface area contributed by atoms with E-state index in [4.69, 9.17) is 4.74 Å². The van der Waals surface area contributed by atoms with Crippen LogP contribution in [0.25, 0.3) is 0 Å². The first-order valence-electron chi connectivity index (χ1n) is 12.9. The van der Waals surface area contributed by atoms with E-state index in [1.165, 1.54) is 24.1 Å². The molecule has 0 heterocycles. The highest BCUT2D eigenvalue weighted by molar-refractivity contribution is 7.92. The maximum Gasteiger partial charge on any atom is 0.264 e. The van der Waals surface area contributed by atoms with Crippen molar-refractivity contribution in [1.29, 1.82) is 0 Å². The number of hydrogen-bond donors (Lipinski definition) is 1. The van der Waals surface area contributed by atoms with E-state index in [9.17, 15) is 18.0 Å². The molecule has 3 rings (SSSR count). The highest BCUT2D eigenvalue weighted by atomic mass is 32.2. The van der Waals surface area contributed by atoms with Crippen LogP contribution in [0, 0.1) is 6.92 Å². The number of methoxy groups -OCH3 is 1. The lowest BCUT2D eigenvalue weighted by Gasteiger charge is -2.32. The minimum Gasteiger partial charge on any atom is -0.495 e. The zero-order valence-electron chi connectivity index (χ0n) is 23.1. The van der Waals surface area contributed by atoms with Gasteiger partial charge in [-0.2, -0.15) is 0 Å². The van der Waals surface area contributed by atoms with Gasteiger partial charge >= 0.3 is 0 Å². The Bertz CT molecular complexity index is 1360. The predicted molar refractivity (Wildman–Crippen MR) is 153 cm³/mol. The number of ether oxygens (including phenoxy) is 1. The summed E-state index contributed by atoms with van der Waals surface area (Å²) >= 11 is 0. The summed E-state index contributed by atoms with van der Waals surface area (Å²) in [5, 5.41) is 2.86. The van der Waals surface area contributed by atoms with Gasteiger partial charge in [0.25, 0.3) is 10.0 Å². The molecule has 0 radical (unpaired) electrons. The van der Waals surface area contributed by atoms with Crippen LogP contribution in [-0.2, 0) is 26.0 Å². The lowest BCUT2D eigenvalue weighted by Crippen LogP contribution is -2.53. The van der Waals surface area contributed by atoms with E-state index in [0.29, 0.717) is 12.2 Å². The summed E-state index contributed by atoms with van der Waals surface area (Å²) in [5.41, 5.74) is 2.05. The molecule has 8 nitrogen and oxygen atoms in total. The molecule has 208 valence electrons. The fourth-order valence-electron chi connectivity index (χ4n) is 4.20. The molecule has 0 aromatic heterocycles. The third-order valence-electron chi connectivity index (χ3n) is 6.30. The molecular formula is C30H37N3O5S. The van der Waals surface area contributed by atoms with Gasteiger partial charge in [0.15, 0.2) is 0 Å². The molecule has 9 heteroatoms. The monoisotopic (exact) mass is 551 g/mol. The molecule has 0 aliphatic heterocycles. The van der Waals surface area contributed by atoms with Gasteiger partial charge in [0.2, 0.25) is 11.8 Å². The number of benzene rings is 3. The number of rotatable bonds is 12. The SMILES string of the molecule is COc1ccc(C)cc1N(CC(=O)N(CCc1ccccc1)C(C)C(=O)NC(C)C)S(=O)(=O)c1ccccc1. The second-order valence-corrected chi connectivity index (χ2v) is 11.5. The van der Waals surface area contributed by atoms with Gasteiger partial charge in [-0.25, -0.2) is 8.42 Å². The van der Waals surface area contributed by atoms with Crippen LogP contribution in [0.4, 0.5) is 5.69 Å². The molecule has 0 aliphatic rings. The summed E-state index contributed by atoms with van der Waals surface area (Å²) in [6.07, 6.45) is 0.505. The van der Waals surface area contributed by atoms with E-state index in [-0.39, 0.29) is 29.1 Å². The summed E-state index contributed by atoms with van der Waals surface area (Å²) in [7, 11) is -2.71. The Balaban J connectivity index is 2.03. The second-order valence-electron chi connectivity index (χ2n) is 9.66. The molecule has 0 saturated heterocycles. The van der Waals surface area contributed by atoms with Crippen molar-refractivity contribution in [2.24, 2.45) is 0 Å². The van der Waals surface area contributed by atoms with Crippen LogP contribution in [0.5, 0.6) is 5.75 Å². The number of aryl methyl sites for hydroxylation is 1. The Hall–Kier alpha value is -3.85. The second kappa shape index (κ2) is 13.3. The van der Waals surface area contributed by atoms with Crippen LogP contribution in [0.3, 0.4) is 0 Å². The first-order valence-corrected chi connectivity index (χ1v) is 14.3. The highest BCUT2D eigenvalue weighted by Gasteiger charge is 2.33. The largest absolute Gasteiger partial charge is 0.495 e. The molecule has 3 aromatic carbocycles. The van der Waals surface area contributed by atoms with Gasteiger partial charge in [0.05, 0.1) is 17.7 Å². The maximum absolute atomic E-state index is 13.9. The minimum atomic E-state index is -4.16. The Morgan fingerprint density at radius 2 is 1.54 bits per heavy atom. The standard InChI is InChI=1S/C30H37N3O5S/c1-22(2)31-30(35)24(4)32(19-18-25-12-8-6-9-13-25)29(34)21-33(27-20-23(3)16-17-28(27)38-5)39(36,37)26-14-10-7-11-15-26/h6-17,20,22,24H,18-19,21H2,1-5H3,(H,31,35). The van der Waals surface area contributed by atoms with Crippen molar-refractivity contribution in [3.63, 3.8) is 0 Å². The summed E-state index contributed by atoms with van der Waals surface area (Å²) in [6.45, 7) is 6.91. The van der Waals surface area contributed by atoms with E-state index >= 15 is 0 Å². The van der Waals surface area contributed by atoms with Gasteiger partial charge in [0.1, 0.15) is 18.3 Å². The van der Waals surface area contributed by atoms with E-state index in [0.717, 1.165) is 15.4 Å². The Morgan fingerprint density at radius 1 is 0.923 bits per heavy atom. The molecule has 1 unspecified atom stereocenters. The Morgan fingerprint density at radius 3 is 2.13 bits per heavy atom. The molecule has 3 aromatic rings. The van der Waals surface area contributed by atoms with Gasteiger partial charge < -0.3 is 15.0 Å². The molecule has 0 spiro atoms. The number of sulfonamides is 1. The zero-order chi connectivity index (χ0) is 28.6. The van der Waals surface area contributed by atoms with Crippen LogP contribution in [0.2, 0.25) is 0 Å². The quantitative estimate of drug-likeness (QED) is 0.364. The highest BCUT2D eigenvalue weighted by Crippen LogP contribution is 2.33. The fraction of sp³-hybridized carbons (Fsp3) is 0.333. The average Bonchev–Trinajstić information content (AvgIpc) is 2.92. The Labute approximate surface area is 231 Å². The van der Waals surface area contributed by atoms with Crippen molar-refractivity contribution in [1.82, 2.24) is 10.2 Å². The molecule has 0 saturated carbocycles. The molecule has 1 N–H and O–H groups in total. The van der Waals surface area contributed by atoms with Crippen molar-refractivity contribution < 1.29 is 22.7 Å². The van der Waals surface area contributed by atoms with Crippen LogP contribution in [0.1, 0.15) is 31.9 Å². The molecule has 0 aliphatic carbocycles. The third kappa shape index (κ3) is 7.60. The number of carbonyl (C=O) groups is 2. The van der Waals surface area contributed by atoms with Gasteiger partial charge in [-0.3, -0.25) is 13.9 Å². The first-order chi connectivity index (χ1) is 18.5. The number of hydrogen-bond acceptors (Lipinski definition) is 5. The van der Waals surface area contributed by atoms with E-state index in [1.54, 1.807) is 37.3 Å². The molecule has 39 heavy (non-hydrogen) atoms. The van der Waals surface area contributed by atoms with Crippen molar-refractivity contribution in [3.8, 4) is 5.75 Å². The van der Waals surface area contributed by atoms with Crippen molar-refractivity contribution >= 4 is 27.5 Å². The third-order valence-corrected chi connectivity index (χ3v) is 8.07. The lowest BCUT2D eigenvalue weighted by atomic mass is 10.1. The van der Waals surface area contributed by atoms with E-state index in [1.807, 2.05) is 57.2 Å².